The number of hydrogen-bond acceptors (Lipinski definition) is 2. The molecular formula is C20H25N3. The highest BCUT2D eigenvalue weighted by atomic mass is 14.7. The molecule has 1 heterocycles. The predicted octanol–water partition coefficient (Wildman–Crippen LogP) is 4.66. The second-order valence-corrected chi connectivity index (χ2v) is 6.52. The normalized spacial score (nSPS) is 15.5. The Morgan fingerprint density at radius 1 is 1.04 bits per heavy atom. The van der Waals surface area contributed by atoms with Crippen molar-refractivity contribution in [2.45, 2.75) is 50.9 Å². The molecule has 0 aliphatic heterocycles. The maximum absolute atomic E-state index is 7.33. The van der Waals surface area contributed by atoms with E-state index in [0.717, 1.165) is 18.0 Å². The Hall–Kier alpha value is -2.16. The number of aromatic nitrogens is 1. The highest BCUT2D eigenvalue weighted by Gasteiger charge is 2.15. The summed E-state index contributed by atoms with van der Waals surface area (Å²) in [5, 5.41) is 7.33. The van der Waals surface area contributed by atoms with Gasteiger partial charge in [0, 0.05) is 18.3 Å². The summed E-state index contributed by atoms with van der Waals surface area (Å²) in [6.07, 6.45) is 9.95. The first kappa shape index (κ1) is 15.7. The van der Waals surface area contributed by atoms with Crippen molar-refractivity contribution in [1.82, 2.24) is 4.98 Å². The zero-order valence-electron chi connectivity index (χ0n) is 13.6. The number of aryl methyl sites for hydroxylation is 1. The summed E-state index contributed by atoms with van der Waals surface area (Å²) >= 11 is 0. The van der Waals surface area contributed by atoms with Gasteiger partial charge < -0.3 is 5.73 Å². The third kappa shape index (κ3) is 4.19. The number of amidine groups is 1. The largest absolute Gasteiger partial charge is 0.388 e. The Morgan fingerprint density at radius 2 is 1.78 bits per heavy atom. The molecule has 0 amide bonds. The molecule has 3 heteroatoms. The van der Waals surface area contributed by atoms with Gasteiger partial charge in [0.2, 0.25) is 0 Å². The summed E-state index contributed by atoms with van der Waals surface area (Å²) in [6.45, 7) is 0. The fourth-order valence-corrected chi connectivity index (χ4v) is 3.44. The highest BCUT2D eigenvalue weighted by Crippen LogP contribution is 2.33. The van der Waals surface area contributed by atoms with Gasteiger partial charge in [-0.1, -0.05) is 43.5 Å². The van der Waals surface area contributed by atoms with E-state index in [1.807, 2.05) is 12.3 Å². The van der Waals surface area contributed by atoms with E-state index >= 15 is 0 Å². The Labute approximate surface area is 138 Å². The topological polar surface area (TPSA) is 62.8 Å². The first-order valence-corrected chi connectivity index (χ1v) is 8.60. The lowest BCUT2D eigenvalue weighted by molar-refractivity contribution is 0.443. The highest BCUT2D eigenvalue weighted by molar-refractivity contribution is 5.77. The fraction of sp³-hybridized carbons (Fsp3) is 0.400. The van der Waals surface area contributed by atoms with Crippen LogP contribution in [0.2, 0.25) is 0 Å². The molecular weight excluding hydrogens is 282 g/mol. The monoisotopic (exact) mass is 307 g/mol. The van der Waals surface area contributed by atoms with E-state index in [1.54, 1.807) is 0 Å². The maximum atomic E-state index is 7.33. The van der Waals surface area contributed by atoms with Crippen molar-refractivity contribution in [2.24, 2.45) is 5.73 Å². The summed E-state index contributed by atoms with van der Waals surface area (Å²) in [7, 11) is 0. The zero-order chi connectivity index (χ0) is 16.1. The number of hydrogen-bond donors (Lipinski definition) is 2. The lowest BCUT2D eigenvalue weighted by Gasteiger charge is -2.22. The number of nitrogens with two attached hydrogens (primary N) is 1. The molecule has 3 nitrogen and oxygen atoms in total. The van der Waals surface area contributed by atoms with Crippen molar-refractivity contribution in [1.29, 1.82) is 5.41 Å². The number of nitrogens with one attached hydrogen (secondary N) is 1. The van der Waals surface area contributed by atoms with Gasteiger partial charge >= 0.3 is 0 Å². The predicted molar refractivity (Wildman–Crippen MR) is 95.7 cm³/mol. The van der Waals surface area contributed by atoms with Crippen molar-refractivity contribution in [3.05, 3.63) is 53.9 Å². The summed E-state index contributed by atoms with van der Waals surface area (Å²) in [5.74, 6) is 0.968. The quantitative estimate of drug-likeness (QED) is 0.623. The molecule has 0 unspecified atom stereocenters. The molecule has 23 heavy (non-hydrogen) atoms. The average Bonchev–Trinajstić information content (AvgIpc) is 2.61. The minimum Gasteiger partial charge on any atom is -0.388 e. The number of nitrogens with zero attached hydrogens (tertiary/aromatic N) is 1. The van der Waals surface area contributed by atoms with E-state index in [4.69, 9.17) is 11.1 Å². The van der Waals surface area contributed by atoms with E-state index in [-0.39, 0.29) is 5.84 Å². The number of pyridine rings is 1. The van der Waals surface area contributed by atoms with Crippen LogP contribution in [-0.2, 0) is 6.42 Å². The molecule has 1 aliphatic rings. The van der Waals surface area contributed by atoms with Gasteiger partial charge in [-0.05, 0) is 54.0 Å². The van der Waals surface area contributed by atoms with Gasteiger partial charge in [0.25, 0.3) is 0 Å². The number of rotatable bonds is 5. The van der Waals surface area contributed by atoms with Crippen molar-refractivity contribution < 1.29 is 0 Å². The Morgan fingerprint density at radius 3 is 2.48 bits per heavy atom. The van der Waals surface area contributed by atoms with Crippen LogP contribution < -0.4 is 5.73 Å². The van der Waals surface area contributed by atoms with Crippen LogP contribution >= 0.6 is 0 Å². The van der Waals surface area contributed by atoms with Gasteiger partial charge in [0.05, 0.1) is 5.84 Å². The zero-order valence-corrected chi connectivity index (χ0v) is 13.6. The standard InChI is InChI=1S/C20H25N3/c21-20(22)11-10-19-14-18(12-13-23-19)17-8-6-16(7-9-17)15-4-2-1-3-5-15/h6-9,12-15H,1-5,10-11H2,(H3,21,22). The van der Waals surface area contributed by atoms with Gasteiger partial charge in [0.15, 0.2) is 0 Å². The summed E-state index contributed by atoms with van der Waals surface area (Å²) in [6, 6.07) is 13.2. The van der Waals surface area contributed by atoms with Crippen LogP contribution in [0, 0.1) is 5.41 Å². The summed E-state index contributed by atoms with van der Waals surface area (Å²) in [5.41, 5.74) is 10.3. The molecule has 2 aromatic rings. The van der Waals surface area contributed by atoms with E-state index in [0.29, 0.717) is 6.42 Å². The average molecular weight is 307 g/mol. The molecule has 0 spiro atoms. The molecule has 0 saturated heterocycles. The van der Waals surface area contributed by atoms with Gasteiger partial charge in [-0.3, -0.25) is 10.4 Å². The van der Waals surface area contributed by atoms with Crippen LogP contribution in [0.15, 0.2) is 42.6 Å². The van der Waals surface area contributed by atoms with Crippen molar-refractivity contribution in [3.63, 3.8) is 0 Å². The summed E-state index contributed by atoms with van der Waals surface area (Å²) in [4.78, 5) is 4.38. The second kappa shape index (κ2) is 7.40. The summed E-state index contributed by atoms with van der Waals surface area (Å²) < 4.78 is 0. The van der Waals surface area contributed by atoms with E-state index in [2.05, 4.69) is 35.3 Å². The molecule has 0 atom stereocenters. The molecule has 1 fully saturated rings. The number of benzene rings is 1. The van der Waals surface area contributed by atoms with Gasteiger partial charge in [-0.15, -0.1) is 0 Å². The molecule has 1 aromatic heterocycles. The fourth-order valence-electron chi connectivity index (χ4n) is 3.44. The van der Waals surface area contributed by atoms with Crippen LogP contribution in [0.3, 0.4) is 0 Å². The molecule has 1 aliphatic carbocycles. The Kier molecular flexibility index (Phi) is 5.06. The second-order valence-electron chi connectivity index (χ2n) is 6.52. The lowest BCUT2D eigenvalue weighted by Crippen LogP contribution is -2.10. The van der Waals surface area contributed by atoms with Crippen molar-refractivity contribution in [3.8, 4) is 11.1 Å². The molecule has 3 N–H and O–H groups in total. The molecule has 1 saturated carbocycles. The van der Waals surface area contributed by atoms with Crippen LogP contribution in [0.1, 0.15) is 55.7 Å². The minimum atomic E-state index is 0.217. The lowest BCUT2D eigenvalue weighted by atomic mass is 9.84. The first-order valence-electron chi connectivity index (χ1n) is 8.60. The van der Waals surface area contributed by atoms with Gasteiger partial charge in [-0.2, -0.15) is 0 Å². The molecule has 0 bridgehead atoms. The minimum absolute atomic E-state index is 0.217. The molecule has 120 valence electrons. The molecule has 1 aromatic carbocycles. The van der Waals surface area contributed by atoms with Crippen molar-refractivity contribution >= 4 is 5.84 Å². The van der Waals surface area contributed by atoms with E-state index in [1.165, 1.54) is 48.8 Å². The van der Waals surface area contributed by atoms with Gasteiger partial charge in [0.1, 0.15) is 0 Å². The first-order chi connectivity index (χ1) is 11.2. The maximum Gasteiger partial charge on any atom is 0.0909 e. The Bertz CT molecular complexity index is 655. The SMILES string of the molecule is N=C(N)CCc1cc(-c2ccc(C3CCCCC3)cc2)ccn1. The third-order valence-corrected chi connectivity index (χ3v) is 4.79. The van der Waals surface area contributed by atoms with E-state index < -0.39 is 0 Å². The van der Waals surface area contributed by atoms with Crippen LogP contribution in [0.25, 0.3) is 11.1 Å². The third-order valence-electron chi connectivity index (χ3n) is 4.79. The van der Waals surface area contributed by atoms with E-state index in [9.17, 15) is 0 Å². The van der Waals surface area contributed by atoms with Crippen LogP contribution in [-0.4, -0.2) is 10.8 Å². The Balaban J connectivity index is 1.73. The van der Waals surface area contributed by atoms with Crippen molar-refractivity contribution in [2.75, 3.05) is 0 Å². The van der Waals surface area contributed by atoms with Gasteiger partial charge in [-0.25, -0.2) is 0 Å². The molecule has 0 radical (unpaired) electrons. The molecule has 3 rings (SSSR count). The smallest absolute Gasteiger partial charge is 0.0909 e. The van der Waals surface area contributed by atoms with Crippen LogP contribution in [0.5, 0.6) is 0 Å². The van der Waals surface area contributed by atoms with Crippen LogP contribution in [0.4, 0.5) is 0 Å².